The summed E-state index contributed by atoms with van der Waals surface area (Å²) in [6.07, 6.45) is 5.33. The van der Waals surface area contributed by atoms with Gasteiger partial charge in [0.2, 0.25) is 0 Å². The van der Waals surface area contributed by atoms with Gasteiger partial charge in [0.15, 0.2) is 5.92 Å². The van der Waals surface area contributed by atoms with Crippen molar-refractivity contribution in [1.29, 1.82) is 0 Å². The fourth-order valence-electron chi connectivity index (χ4n) is 1.79. The Bertz CT molecular complexity index is 273. The molecular weight excluding hydrogens is 264 g/mol. The molecule has 1 unspecified atom stereocenters. The van der Waals surface area contributed by atoms with Crippen LogP contribution in [-0.4, -0.2) is 37.2 Å². The lowest BCUT2D eigenvalue weighted by Gasteiger charge is -2.21. The number of hydrogen-bond donors (Lipinski definition) is 0. The molecule has 0 aliphatic carbocycles. The van der Waals surface area contributed by atoms with Crippen molar-refractivity contribution in [3.63, 3.8) is 0 Å². The smallest absolute Gasteiger partial charge is 0.320 e. The molecule has 0 radical (unpaired) electrons. The molecule has 0 aliphatic rings. The van der Waals surface area contributed by atoms with Gasteiger partial charge in [-0.2, -0.15) is 11.8 Å². The summed E-state index contributed by atoms with van der Waals surface area (Å²) < 4.78 is 9.94. The average Bonchev–Trinajstić information content (AvgIpc) is 2.38. The molecule has 0 heterocycles. The van der Waals surface area contributed by atoms with E-state index in [-0.39, 0.29) is 19.1 Å². The molecule has 0 N–H and O–H groups in total. The van der Waals surface area contributed by atoms with Crippen molar-refractivity contribution < 1.29 is 19.1 Å². The van der Waals surface area contributed by atoms with Crippen molar-refractivity contribution in [2.45, 2.75) is 26.7 Å². The van der Waals surface area contributed by atoms with E-state index in [4.69, 9.17) is 9.47 Å². The topological polar surface area (TPSA) is 52.6 Å². The third-order valence-electron chi connectivity index (χ3n) is 2.70. The fraction of sp³-hybridized carbons (Fsp3) is 0.714. The Morgan fingerprint density at radius 1 is 1.21 bits per heavy atom. The standard InChI is InChI=1S/C14H24O4S/c1-5-11(9-8-10-19-4)12(13(15)17-6-2)14(16)18-7-3/h5,11-12H,1,6-10H2,2-4H3. The molecule has 4 nitrogen and oxygen atoms in total. The van der Waals surface area contributed by atoms with E-state index in [1.807, 2.05) is 6.26 Å². The van der Waals surface area contributed by atoms with E-state index in [2.05, 4.69) is 6.58 Å². The van der Waals surface area contributed by atoms with Crippen LogP contribution in [0.1, 0.15) is 26.7 Å². The molecule has 0 aromatic rings. The van der Waals surface area contributed by atoms with Crippen LogP contribution in [0, 0.1) is 11.8 Å². The summed E-state index contributed by atoms with van der Waals surface area (Å²) in [7, 11) is 0. The zero-order chi connectivity index (χ0) is 14.7. The quantitative estimate of drug-likeness (QED) is 0.268. The highest BCUT2D eigenvalue weighted by Gasteiger charge is 2.35. The number of esters is 2. The molecular formula is C14H24O4S. The molecule has 0 saturated heterocycles. The van der Waals surface area contributed by atoms with Crippen molar-refractivity contribution in [3.8, 4) is 0 Å². The average molecular weight is 288 g/mol. The normalized spacial score (nSPS) is 12.0. The van der Waals surface area contributed by atoms with Gasteiger partial charge >= 0.3 is 11.9 Å². The number of carbonyl (C=O) groups is 2. The van der Waals surface area contributed by atoms with Gasteiger partial charge < -0.3 is 9.47 Å². The minimum Gasteiger partial charge on any atom is -0.465 e. The third kappa shape index (κ3) is 6.66. The molecule has 0 amide bonds. The number of hydrogen-bond acceptors (Lipinski definition) is 5. The molecule has 0 saturated carbocycles. The van der Waals surface area contributed by atoms with Crippen LogP contribution >= 0.6 is 11.8 Å². The maximum Gasteiger partial charge on any atom is 0.320 e. The molecule has 0 aromatic heterocycles. The molecule has 1 atom stereocenters. The second-order valence-corrected chi connectivity index (χ2v) is 5.00. The van der Waals surface area contributed by atoms with Gasteiger partial charge in [0, 0.05) is 5.92 Å². The Labute approximate surface area is 119 Å². The fourth-order valence-corrected chi connectivity index (χ4v) is 2.25. The van der Waals surface area contributed by atoms with Gasteiger partial charge in [-0.25, -0.2) is 0 Å². The highest BCUT2D eigenvalue weighted by atomic mass is 32.2. The van der Waals surface area contributed by atoms with E-state index >= 15 is 0 Å². The molecule has 0 aliphatic heterocycles. The molecule has 0 spiro atoms. The number of rotatable bonds is 10. The van der Waals surface area contributed by atoms with E-state index in [1.165, 1.54) is 0 Å². The monoisotopic (exact) mass is 288 g/mol. The summed E-state index contributed by atoms with van der Waals surface area (Å²) >= 11 is 1.74. The minimum absolute atomic E-state index is 0.231. The number of ether oxygens (including phenoxy) is 2. The van der Waals surface area contributed by atoms with Gasteiger partial charge in [0.1, 0.15) is 0 Å². The Morgan fingerprint density at radius 2 is 1.74 bits per heavy atom. The van der Waals surface area contributed by atoms with Gasteiger partial charge in [0.05, 0.1) is 13.2 Å². The lowest BCUT2D eigenvalue weighted by molar-refractivity contribution is -0.163. The molecule has 19 heavy (non-hydrogen) atoms. The van der Waals surface area contributed by atoms with E-state index < -0.39 is 17.9 Å². The van der Waals surface area contributed by atoms with Crippen molar-refractivity contribution in [3.05, 3.63) is 12.7 Å². The Hall–Kier alpha value is -0.970. The van der Waals surface area contributed by atoms with Crippen LogP contribution in [0.25, 0.3) is 0 Å². The summed E-state index contributed by atoms with van der Waals surface area (Å²) in [5.74, 6) is -1.17. The number of carbonyl (C=O) groups excluding carboxylic acids is 2. The highest BCUT2D eigenvalue weighted by Crippen LogP contribution is 2.23. The second-order valence-electron chi connectivity index (χ2n) is 4.02. The molecule has 0 fully saturated rings. The molecule has 5 heteroatoms. The minimum atomic E-state index is -0.890. The predicted octanol–water partition coefficient (Wildman–Crippen LogP) is 2.67. The van der Waals surface area contributed by atoms with E-state index in [0.717, 1.165) is 18.6 Å². The maximum absolute atomic E-state index is 11.9. The SMILES string of the molecule is C=CC(CCCSC)C(C(=O)OCC)C(=O)OCC. The predicted molar refractivity (Wildman–Crippen MR) is 78.1 cm³/mol. The lowest BCUT2D eigenvalue weighted by Crippen LogP contribution is -2.34. The van der Waals surface area contributed by atoms with Crippen LogP contribution in [0.5, 0.6) is 0 Å². The Morgan fingerprint density at radius 3 is 2.11 bits per heavy atom. The first-order chi connectivity index (χ1) is 9.12. The molecule has 0 bridgehead atoms. The second kappa shape index (κ2) is 10.9. The third-order valence-corrected chi connectivity index (χ3v) is 3.39. The van der Waals surface area contributed by atoms with E-state index in [1.54, 1.807) is 31.7 Å². The highest BCUT2D eigenvalue weighted by molar-refractivity contribution is 7.98. The van der Waals surface area contributed by atoms with Crippen molar-refractivity contribution >= 4 is 23.7 Å². The Kier molecular flexibility index (Phi) is 10.4. The van der Waals surface area contributed by atoms with Crippen LogP contribution in [0.2, 0.25) is 0 Å². The first-order valence-electron chi connectivity index (χ1n) is 6.57. The van der Waals surface area contributed by atoms with Gasteiger partial charge in [-0.3, -0.25) is 9.59 Å². The molecule has 110 valence electrons. The first-order valence-corrected chi connectivity index (χ1v) is 7.96. The summed E-state index contributed by atoms with van der Waals surface area (Å²) in [6.45, 7) is 7.67. The van der Waals surface area contributed by atoms with Crippen molar-refractivity contribution in [2.75, 3.05) is 25.2 Å². The summed E-state index contributed by atoms with van der Waals surface area (Å²) in [4.78, 5) is 23.8. The van der Waals surface area contributed by atoms with Crippen LogP contribution < -0.4 is 0 Å². The Balaban J connectivity index is 4.79. The van der Waals surface area contributed by atoms with Crippen LogP contribution in [0.15, 0.2) is 12.7 Å². The van der Waals surface area contributed by atoms with E-state index in [0.29, 0.717) is 0 Å². The zero-order valence-corrected chi connectivity index (χ0v) is 12.8. The zero-order valence-electron chi connectivity index (χ0n) is 12.0. The van der Waals surface area contributed by atoms with Crippen molar-refractivity contribution in [1.82, 2.24) is 0 Å². The number of allylic oxidation sites excluding steroid dienone is 1. The lowest BCUT2D eigenvalue weighted by atomic mass is 9.88. The summed E-state index contributed by atoms with van der Waals surface area (Å²) in [5, 5.41) is 0. The summed E-state index contributed by atoms with van der Waals surface area (Å²) in [5.41, 5.74) is 0. The largest absolute Gasteiger partial charge is 0.465 e. The molecule has 0 rings (SSSR count). The maximum atomic E-state index is 11.9. The van der Waals surface area contributed by atoms with Gasteiger partial charge in [0.25, 0.3) is 0 Å². The van der Waals surface area contributed by atoms with Gasteiger partial charge in [-0.1, -0.05) is 6.08 Å². The molecule has 0 aromatic carbocycles. The van der Waals surface area contributed by atoms with Gasteiger partial charge in [-0.15, -0.1) is 6.58 Å². The van der Waals surface area contributed by atoms with E-state index in [9.17, 15) is 9.59 Å². The summed E-state index contributed by atoms with van der Waals surface area (Å²) in [6, 6.07) is 0. The van der Waals surface area contributed by atoms with Crippen molar-refractivity contribution in [2.24, 2.45) is 11.8 Å². The van der Waals surface area contributed by atoms with Crippen LogP contribution in [-0.2, 0) is 19.1 Å². The first kappa shape index (κ1) is 18.0. The van der Waals surface area contributed by atoms with Crippen LogP contribution in [0.4, 0.5) is 0 Å². The van der Waals surface area contributed by atoms with Crippen LogP contribution in [0.3, 0.4) is 0 Å². The number of thioether (sulfide) groups is 1. The van der Waals surface area contributed by atoms with Gasteiger partial charge in [-0.05, 0) is 38.7 Å².